The number of rotatable bonds is 3. The molecule has 1 fully saturated rings. The molecule has 0 saturated carbocycles. The Morgan fingerprint density at radius 1 is 1.05 bits per heavy atom. The van der Waals surface area contributed by atoms with Crippen LogP contribution in [-0.4, -0.2) is 28.4 Å². The van der Waals surface area contributed by atoms with E-state index >= 15 is 0 Å². The first-order valence-electron chi connectivity index (χ1n) is 7.22. The van der Waals surface area contributed by atoms with Crippen molar-refractivity contribution in [1.29, 1.82) is 0 Å². The lowest BCUT2D eigenvalue weighted by Gasteiger charge is -2.18. The molecule has 1 heterocycles. The predicted octanol–water partition coefficient (Wildman–Crippen LogP) is 1.85. The highest BCUT2D eigenvalue weighted by Gasteiger charge is 2.23. The van der Waals surface area contributed by atoms with Crippen LogP contribution in [0.15, 0.2) is 24.3 Å². The molecule has 21 heavy (non-hydrogen) atoms. The Morgan fingerprint density at radius 2 is 1.67 bits per heavy atom. The van der Waals surface area contributed by atoms with E-state index in [1.807, 2.05) is 24.3 Å². The quantitative estimate of drug-likeness (QED) is 0.681. The zero-order valence-corrected chi connectivity index (χ0v) is 12.0. The summed E-state index contributed by atoms with van der Waals surface area (Å²) in [5.74, 6) is 5.64. The first-order chi connectivity index (χ1) is 10.2. The van der Waals surface area contributed by atoms with Crippen molar-refractivity contribution in [3.63, 3.8) is 0 Å². The molecule has 4 nitrogen and oxygen atoms in total. The highest BCUT2D eigenvalue weighted by atomic mass is 16.2. The Kier molecular flexibility index (Phi) is 5.53. The van der Waals surface area contributed by atoms with E-state index in [0.717, 1.165) is 24.0 Å². The van der Waals surface area contributed by atoms with E-state index in [9.17, 15) is 9.59 Å². The molecular weight excluding hydrogens is 266 g/mol. The van der Waals surface area contributed by atoms with Crippen molar-refractivity contribution in [3.8, 4) is 11.8 Å². The molecule has 0 bridgehead atoms. The smallest absolute Gasteiger partial charge is 0.229 e. The fraction of sp³-hybridized carbons (Fsp3) is 0.412. The van der Waals surface area contributed by atoms with Gasteiger partial charge < -0.3 is 5.11 Å². The summed E-state index contributed by atoms with van der Waals surface area (Å²) in [6.45, 7) is 0.395. The van der Waals surface area contributed by atoms with Gasteiger partial charge in [0.2, 0.25) is 11.8 Å². The van der Waals surface area contributed by atoms with E-state index < -0.39 is 0 Å². The number of amides is 2. The minimum atomic E-state index is -0.0793. The summed E-state index contributed by atoms with van der Waals surface area (Å²) < 4.78 is 0. The third-order valence-electron chi connectivity index (χ3n) is 3.40. The Hall–Kier alpha value is -2.12. The maximum absolute atomic E-state index is 11.9. The van der Waals surface area contributed by atoms with Crippen molar-refractivity contribution >= 4 is 11.8 Å². The number of aliphatic hydroxyl groups excluding tert-OH is 1. The second kappa shape index (κ2) is 7.61. The molecule has 0 aliphatic carbocycles. The van der Waals surface area contributed by atoms with Crippen molar-refractivity contribution < 1.29 is 14.7 Å². The third kappa shape index (κ3) is 4.44. The molecule has 1 aromatic rings. The monoisotopic (exact) mass is 285 g/mol. The number of benzene rings is 1. The highest BCUT2D eigenvalue weighted by Crippen LogP contribution is 2.16. The van der Waals surface area contributed by atoms with Gasteiger partial charge >= 0.3 is 0 Å². The van der Waals surface area contributed by atoms with Gasteiger partial charge in [-0.25, -0.2) is 0 Å². The molecule has 2 rings (SSSR count). The SMILES string of the molecule is O=C1CCCCC(=O)N1Cc1ccc(C#CCCO)cc1. The van der Waals surface area contributed by atoms with Crippen LogP contribution in [0.3, 0.4) is 0 Å². The Morgan fingerprint density at radius 3 is 2.24 bits per heavy atom. The van der Waals surface area contributed by atoms with Crippen molar-refractivity contribution in [3.05, 3.63) is 35.4 Å². The van der Waals surface area contributed by atoms with Gasteiger partial charge in [0, 0.05) is 24.8 Å². The van der Waals surface area contributed by atoms with E-state index in [1.54, 1.807) is 0 Å². The molecule has 0 aromatic heterocycles. The first-order valence-corrected chi connectivity index (χ1v) is 7.22. The number of carbonyl (C=O) groups is 2. The molecule has 0 spiro atoms. The number of aliphatic hydroxyl groups is 1. The molecule has 1 aromatic carbocycles. The molecule has 1 saturated heterocycles. The lowest BCUT2D eigenvalue weighted by molar-refractivity contribution is -0.144. The maximum Gasteiger partial charge on any atom is 0.229 e. The minimum Gasteiger partial charge on any atom is -0.395 e. The molecule has 1 N–H and O–H groups in total. The molecule has 0 unspecified atom stereocenters. The van der Waals surface area contributed by atoms with Crippen LogP contribution in [0.25, 0.3) is 0 Å². The van der Waals surface area contributed by atoms with E-state index in [-0.39, 0.29) is 18.4 Å². The normalized spacial score (nSPS) is 15.4. The molecule has 1 aliphatic heterocycles. The Balaban J connectivity index is 2.04. The van der Waals surface area contributed by atoms with Gasteiger partial charge in [-0.2, -0.15) is 0 Å². The summed E-state index contributed by atoms with van der Waals surface area (Å²) in [7, 11) is 0. The minimum absolute atomic E-state index is 0.0598. The van der Waals surface area contributed by atoms with Crippen LogP contribution < -0.4 is 0 Å². The van der Waals surface area contributed by atoms with Crippen LogP contribution in [0.2, 0.25) is 0 Å². The lowest BCUT2D eigenvalue weighted by atomic mass is 10.1. The van der Waals surface area contributed by atoms with Crippen molar-refractivity contribution in [1.82, 2.24) is 4.90 Å². The third-order valence-corrected chi connectivity index (χ3v) is 3.40. The van der Waals surface area contributed by atoms with Gasteiger partial charge in [-0.05, 0) is 30.5 Å². The van der Waals surface area contributed by atoms with Gasteiger partial charge in [0.05, 0.1) is 13.2 Å². The average Bonchev–Trinajstić information content (AvgIpc) is 2.64. The van der Waals surface area contributed by atoms with E-state index in [4.69, 9.17) is 5.11 Å². The van der Waals surface area contributed by atoms with Crippen molar-refractivity contribution in [2.75, 3.05) is 6.61 Å². The summed E-state index contributed by atoms with van der Waals surface area (Å²) in [5.41, 5.74) is 1.78. The van der Waals surface area contributed by atoms with Crippen LogP contribution in [0.5, 0.6) is 0 Å². The zero-order valence-electron chi connectivity index (χ0n) is 12.0. The molecule has 1 aliphatic rings. The van der Waals surface area contributed by atoms with Crippen LogP contribution >= 0.6 is 0 Å². The fourth-order valence-corrected chi connectivity index (χ4v) is 2.23. The van der Waals surface area contributed by atoms with Gasteiger partial charge in [0.15, 0.2) is 0 Å². The van der Waals surface area contributed by atoms with Gasteiger partial charge in [-0.3, -0.25) is 14.5 Å². The number of likely N-dealkylation sites (tertiary alicyclic amines) is 1. The number of imide groups is 1. The van der Waals surface area contributed by atoms with Crippen molar-refractivity contribution in [2.45, 2.75) is 38.6 Å². The largest absolute Gasteiger partial charge is 0.395 e. The van der Waals surface area contributed by atoms with Crippen LogP contribution in [-0.2, 0) is 16.1 Å². The Labute approximate surface area is 124 Å². The van der Waals surface area contributed by atoms with Crippen LogP contribution in [0.4, 0.5) is 0 Å². The fourth-order valence-electron chi connectivity index (χ4n) is 2.23. The van der Waals surface area contributed by atoms with E-state index in [2.05, 4.69) is 11.8 Å². The molecule has 110 valence electrons. The zero-order chi connectivity index (χ0) is 15.1. The van der Waals surface area contributed by atoms with E-state index in [0.29, 0.717) is 25.8 Å². The molecule has 0 atom stereocenters. The Bertz CT molecular complexity index is 548. The predicted molar refractivity (Wildman–Crippen MR) is 79.0 cm³/mol. The maximum atomic E-state index is 11.9. The van der Waals surface area contributed by atoms with Gasteiger partial charge in [0.1, 0.15) is 0 Å². The van der Waals surface area contributed by atoms with E-state index in [1.165, 1.54) is 4.90 Å². The molecule has 2 amide bonds. The van der Waals surface area contributed by atoms with Crippen LogP contribution in [0, 0.1) is 11.8 Å². The molecule has 0 radical (unpaired) electrons. The summed E-state index contributed by atoms with van der Waals surface area (Å²) in [5, 5.41) is 8.67. The van der Waals surface area contributed by atoms with Gasteiger partial charge in [-0.1, -0.05) is 24.0 Å². The topological polar surface area (TPSA) is 57.6 Å². The summed E-state index contributed by atoms with van der Waals surface area (Å²) in [6, 6.07) is 7.50. The average molecular weight is 285 g/mol. The molecule has 4 heteroatoms. The van der Waals surface area contributed by atoms with Crippen molar-refractivity contribution in [2.24, 2.45) is 0 Å². The summed E-state index contributed by atoms with van der Waals surface area (Å²) >= 11 is 0. The second-order valence-corrected chi connectivity index (χ2v) is 5.05. The lowest BCUT2D eigenvalue weighted by Crippen LogP contribution is -2.34. The number of hydrogen-bond acceptors (Lipinski definition) is 3. The number of hydrogen-bond donors (Lipinski definition) is 1. The first kappa shape index (κ1) is 15.3. The second-order valence-electron chi connectivity index (χ2n) is 5.05. The van der Waals surface area contributed by atoms with Crippen LogP contribution in [0.1, 0.15) is 43.2 Å². The summed E-state index contributed by atoms with van der Waals surface area (Å²) in [4.78, 5) is 25.2. The van der Waals surface area contributed by atoms with Gasteiger partial charge in [0.25, 0.3) is 0 Å². The van der Waals surface area contributed by atoms with Gasteiger partial charge in [-0.15, -0.1) is 0 Å². The number of carbonyl (C=O) groups excluding carboxylic acids is 2. The molecular formula is C17H19NO3. The number of nitrogens with zero attached hydrogens (tertiary/aromatic N) is 1. The highest BCUT2D eigenvalue weighted by molar-refractivity contribution is 5.95. The summed E-state index contributed by atoms with van der Waals surface area (Å²) in [6.07, 6.45) is 2.95. The standard InChI is InChI=1S/C17H19NO3/c19-12-4-3-5-14-8-10-15(11-9-14)13-18-16(20)6-1-2-7-17(18)21/h8-11,19H,1-2,4,6-7,12-13H2.